The summed E-state index contributed by atoms with van der Waals surface area (Å²) in [6.45, 7) is 1.06. The normalized spacial score (nSPS) is 23.8. The van der Waals surface area contributed by atoms with Crippen molar-refractivity contribution in [1.29, 1.82) is 0 Å². The van der Waals surface area contributed by atoms with Gasteiger partial charge in [0.15, 0.2) is 6.61 Å². The van der Waals surface area contributed by atoms with Gasteiger partial charge >= 0.3 is 0 Å². The SMILES string of the molecule is CN1CCC(Nc2cccc(OCC(N)=O)c2)C12CCCC2. The Balaban J connectivity index is 1.70. The fourth-order valence-corrected chi connectivity index (χ4v) is 4.04. The molecule has 1 saturated carbocycles. The molecule has 1 aromatic rings. The zero-order valence-corrected chi connectivity index (χ0v) is 13.2. The molecule has 1 aromatic carbocycles. The third kappa shape index (κ3) is 2.90. The maximum atomic E-state index is 10.8. The highest BCUT2D eigenvalue weighted by molar-refractivity contribution is 5.75. The van der Waals surface area contributed by atoms with Gasteiger partial charge in [-0.1, -0.05) is 18.9 Å². The van der Waals surface area contributed by atoms with Gasteiger partial charge in [-0.2, -0.15) is 0 Å². The number of ether oxygens (including phenoxy) is 1. The Hall–Kier alpha value is -1.75. The molecule has 1 unspecified atom stereocenters. The standard InChI is InChI=1S/C17H25N3O2/c1-20-10-7-15(17(20)8-2-3-9-17)19-13-5-4-6-14(11-13)22-12-16(18)21/h4-6,11,15,19H,2-3,7-10,12H2,1H3,(H2,18,21). The molecule has 5 heteroatoms. The zero-order chi connectivity index (χ0) is 15.6. The fourth-order valence-electron chi connectivity index (χ4n) is 4.04. The average molecular weight is 303 g/mol. The van der Waals surface area contributed by atoms with E-state index in [0.717, 1.165) is 12.2 Å². The van der Waals surface area contributed by atoms with Crippen LogP contribution in [0.3, 0.4) is 0 Å². The van der Waals surface area contributed by atoms with Crippen LogP contribution in [0.5, 0.6) is 5.75 Å². The van der Waals surface area contributed by atoms with Crippen molar-refractivity contribution in [3.8, 4) is 5.75 Å². The fraction of sp³-hybridized carbons (Fsp3) is 0.588. The summed E-state index contributed by atoms with van der Waals surface area (Å²) in [6, 6.07) is 8.27. The Morgan fingerprint density at radius 3 is 2.95 bits per heavy atom. The van der Waals surface area contributed by atoms with Gasteiger partial charge in [0.1, 0.15) is 5.75 Å². The molecule has 1 aliphatic heterocycles. The van der Waals surface area contributed by atoms with Crippen LogP contribution in [0, 0.1) is 0 Å². The molecule has 1 spiro atoms. The van der Waals surface area contributed by atoms with E-state index < -0.39 is 5.91 Å². The number of nitrogens with two attached hydrogens (primary N) is 1. The van der Waals surface area contributed by atoms with Gasteiger partial charge in [-0.25, -0.2) is 0 Å². The molecule has 120 valence electrons. The zero-order valence-electron chi connectivity index (χ0n) is 13.2. The molecule has 2 fully saturated rings. The highest BCUT2D eigenvalue weighted by Crippen LogP contribution is 2.43. The Labute approximate surface area is 131 Å². The number of primary amides is 1. The van der Waals surface area contributed by atoms with Gasteiger partial charge in [-0.15, -0.1) is 0 Å². The summed E-state index contributed by atoms with van der Waals surface area (Å²) in [5.41, 5.74) is 6.48. The second-order valence-corrected chi connectivity index (χ2v) is 6.50. The minimum absolute atomic E-state index is 0.0838. The van der Waals surface area contributed by atoms with Crippen molar-refractivity contribution >= 4 is 11.6 Å². The molecule has 1 saturated heterocycles. The lowest BCUT2D eigenvalue weighted by Gasteiger charge is -2.38. The Bertz CT molecular complexity index is 540. The number of nitrogens with one attached hydrogen (secondary N) is 1. The molecule has 3 N–H and O–H groups in total. The van der Waals surface area contributed by atoms with E-state index in [-0.39, 0.29) is 6.61 Å². The minimum atomic E-state index is -0.458. The molecule has 1 heterocycles. The minimum Gasteiger partial charge on any atom is -0.484 e. The van der Waals surface area contributed by atoms with Crippen molar-refractivity contribution in [2.45, 2.75) is 43.7 Å². The highest BCUT2D eigenvalue weighted by atomic mass is 16.5. The molecule has 0 radical (unpaired) electrons. The van der Waals surface area contributed by atoms with Crippen LogP contribution in [0.4, 0.5) is 5.69 Å². The molecule has 3 rings (SSSR count). The summed E-state index contributed by atoms with van der Waals surface area (Å²) in [6.07, 6.45) is 6.37. The third-order valence-electron chi connectivity index (χ3n) is 5.19. The van der Waals surface area contributed by atoms with E-state index in [1.54, 1.807) is 0 Å². The van der Waals surface area contributed by atoms with Crippen molar-refractivity contribution in [1.82, 2.24) is 4.90 Å². The summed E-state index contributed by atoms with van der Waals surface area (Å²) in [7, 11) is 2.25. The lowest BCUT2D eigenvalue weighted by Crippen LogP contribution is -2.49. The second-order valence-electron chi connectivity index (χ2n) is 6.50. The van der Waals surface area contributed by atoms with E-state index >= 15 is 0 Å². The number of likely N-dealkylation sites (N-methyl/N-ethyl adjacent to an activating group) is 1. The first-order chi connectivity index (χ1) is 10.6. The summed E-state index contributed by atoms with van der Waals surface area (Å²) in [5, 5.41) is 3.69. The van der Waals surface area contributed by atoms with Crippen LogP contribution in [0.2, 0.25) is 0 Å². The number of amides is 1. The van der Waals surface area contributed by atoms with Crippen LogP contribution in [-0.4, -0.2) is 42.6 Å². The monoisotopic (exact) mass is 303 g/mol. The molecule has 5 nitrogen and oxygen atoms in total. The smallest absolute Gasteiger partial charge is 0.255 e. The van der Waals surface area contributed by atoms with E-state index in [9.17, 15) is 4.79 Å². The number of anilines is 1. The van der Waals surface area contributed by atoms with Gasteiger partial charge in [-0.05, 0) is 38.4 Å². The summed E-state index contributed by atoms with van der Waals surface area (Å²) >= 11 is 0. The molecular formula is C17H25N3O2. The van der Waals surface area contributed by atoms with Crippen LogP contribution in [-0.2, 0) is 4.79 Å². The number of nitrogens with zero attached hydrogens (tertiary/aromatic N) is 1. The van der Waals surface area contributed by atoms with Gasteiger partial charge in [0.05, 0.1) is 0 Å². The van der Waals surface area contributed by atoms with Gasteiger partial charge in [-0.3, -0.25) is 9.69 Å². The van der Waals surface area contributed by atoms with E-state index in [0.29, 0.717) is 17.3 Å². The van der Waals surface area contributed by atoms with E-state index in [1.807, 2.05) is 18.2 Å². The van der Waals surface area contributed by atoms with Crippen molar-refractivity contribution in [2.24, 2.45) is 5.73 Å². The van der Waals surface area contributed by atoms with E-state index in [4.69, 9.17) is 10.5 Å². The van der Waals surface area contributed by atoms with E-state index in [2.05, 4.69) is 23.3 Å². The first kappa shape index (κ1) is 15.2. The van der Waals surface area contributed by atoms with Crippen LogP contribution >= 0.6 is 0 Å². The number of rotatable bonds is 5. The maximum absolute atomic E-state index is 10.8. The molecule has 0 aromatic heterocycles. The highest BCUT2D eigenvalue weighted by Gasteiger charge is 2.48. The maximum Gasteiger partial charge on any atom is 0.255 e. The Kier molecular flexibility index (Phi) is 4.25. The predicted molar refractivity (Wildman–Crippen MR) is 87.0 cm³/mol. The summed E-state index contributed by atoms with van der Waals surface area (Å²) in [5.74, 6) is 0.219. The van der Waals surface area contributed by atoms with Crippen LogP contribution in [0.25, 0.3) is 0 Å². The number of hydrogen-bond donors (Lipinski definition) is 2. The molecule has 1 atom stereocenters. The first-order valence-electron chi connectivity index (χ1n) is 8.09. The molecule has 1 amide bonds. The van der Waals surface area contributed by atoms with Crippen molar-refractivity contribution in [2.75, 3.05) is 25.5 Å². The second kappa shape index (κ2) is 6.16. The molecule has 22 heavy (non-hydrogen) atoms. The molecule has 2 aliphatic rings. The Morgan fingerprint density at radius 2 is 2.23 bits per heavy atom. The largest absolute Gasteiger partial charge is 0.484 e. The summed E-state index contributed by atoms with van der Waals surface area (Å²) < 4.78 is 5.39. The lowest BCUT2D eigenvalue weighted by molar-refractivity contribution is -0.119. The van der Waals surface area contributed by atoms with Crippen LogP contribution in [0.1, 0.15) is 32.1 Å². The van der Waals surface area contributed by atoms with Crippen LogP contribution in [0.15, 0.2) is 24.3 Å². The predicted octanol–water partition coefficient (Wildman–Crippen LogP) is 1.98. The number of carbonyl (C=O) groups is 1. The van der Waals surface area contributed by atoms with Gasteiger partial charge in [0, 0.05) is 29.9 Å². The van der Waals surface area contributed by atoms with Crippen molar-refractivity contribution in [3.05, 3.63) is 24.3 Å². The summed E-state index contributed by atoms with van der Waals surface area (Å²) in [4.78, 5) is 13.4. The molecule has 0 bridgehead atoms. The van der Waals surface area contributed by atoms with Crippen molar-refractivity contribution < 1.29 is 9.53 Å². The van der Waals surface area contributed by atoms with Gasteiger partial charge in [0.2, 0.25) is 0 Å². The number of carbonyl (C=O) groups excluding carboxylic acids is 1. The Morgan fingerprint density at radius 1 is 1.45 bits per heavy atom. The number of benzene rings is 1. The quantitative estimate of drug-likeness (QED) is 0.873. The van der Waals surface area contributed by atoms with Gasteiger partial charge < -0.3 is 15.8 Å². The average Bonchev–Trinajstić information content (AvgIpc) is 3.10. The topological polar surface area (TPSA) is 67.6 Å². The number of likely N-dealkylation sites (tertiary alicyclic amines) is 1. The van der Waals surface area contributed by atoms with Crippen molar-refractivity contribution in [3.63, 3.8) is 0 Å². The third-order valence-corrected chi connectivity index (χ3v) is 5.19. The first-order valence-corrected chi connectivity index (χ1v) is 8.09. The van der Waals surface area contributed by atoms with Crippen LogP contribution < -0.4 is 15.8 Å². The number of hydrogen-bond acceptors (Lipinski definition) is 4. The lowest BCUT2D eigenvalue weighted by atomic mass is 9.89. The van der Waals surface area contributed by atoms with E-state index in [1.165, 1.54) is 32.1 Å². The molecular weight excluding hydrogens is 278 g/mol. The van der Waals surface area contributed by atoms with Gasteiger partial charge in [0.25, 0.3) is 5.91 Å². The molecule has 1 aliphatic carbocycles.